The van der Waals surface area contributed by atoms with E-state index in [0.29, 0.717) is 12.1 Å². The van der Waals surface area contributed by atoms with Crippen molar-refractivity contribution in [2.24, 2.45) is 0 Å². The van der Waals surface area contributed by atoms with Gasteiger partial charge in [0.25, 0.3) is 10.0 Å². The van der Waals surface area contributed by atoms with Gasteiger partial charge in [0.15, 0.2) is 0 Å². The van der Waals surface area contributed by atoms with E-state index in [1.165, 1.54) is 12.1 Å². The van der Waals surface area contributed by atoms with Crippen molar-refractivity contribution in [1.82, 2.24) is 10.2 Å². The fourth-order valence-electron chi connectivity index (χ4n) is 5.77. The van der Waals surface area contributed by atoms with E-state index in [-0.39, 0.29) is 23.4 Å². The van der Waals surface area contributed by atoms with Crippen LogP contribution in [0.5, 0.6) is 0 Å². The molecule has 1 N–H and O–H groups in total. The molecule has 1 saturated carbocycles. The Labute approximate surface area is 266 Å². The van der Waals surface area contributed by atoms with E-state index in [2.05, 4.69) is 5.32 Å². The molecule has 5 rings (SSSR count). The summed E-state index contributed by atoms with van der Waals surface area (Å²) in [5.74, 6) is -0.683. The van der Waals surface area contributed by atoms with Crippen molar-refractivity contribution >= 4 is 27.5 Å². The second-order valence-electron chi connectivity index (χ2n) is 11.9. The zero-order valence-electron chi connectivity index (χ0n) is 25.9. The molecular weight excluding hydrogens is 582 g/mol. The van der Waals surface area contributed by atoms with Gasteiger partial charge in [-0.1, -0.05) is 109 Å². The van der Waals surface area contributed by atoms with Crippen molar-refractivity contribution in [3.8, 4) is 0 Å². The third-order valence-electron chi connectivity index (χ3n) is 8.38. The summed E-state index contributed by atoms with van der Waals surface area (Å²) in [6.07, 6.45) is 4.23. The number of carbonyl (C=O) groups excluding carboxylic acids is 2. The predicted octanol–water partition coefficient (Wildman–Crippen LogP) is 6.20. The van der Waals surface area contributed by atoms with Crippen LogP contribution in [0.3, 0.4) is 0 Å². The molecule has 0 saturated heterocycles. The summed E-state index contributed by atoms with van der Waals surface area (Å²) in [5, 5.41) is 3.21. The van der Waals surface area contributed by atoms with Gasteiger partial charge >= 0.3 is 0 Å². The van der Waals surface area contributed by atoms with Crippen molar-refractivity contribution in [2.45, 2.75) is 69.5 Å². The van der Waals surface area contributed by atoms with E-state index in [1.54, 1.807) is 35.2 Å². The van der Waals surface area contributed by atoms with E-state index in [4.69, 9.17) is 0 Å². The van der Waals surface area contributed by atoms with E-state index >= 15 is 0 Å². The van der Waals surface area contributed by atoms with Crippen LogP contribution in [-0.2, 0) is 32.6 Å². The number of benzene rings is 4. The number of nitrogens with one attached hydrogen (secondary N) is 1. The quantitative estimate of drug-likeness (QED) is 0.204. The Hall–Kier alpha value is -4.43. The van der Waals surface area contributed by atoms with Crippen LogP contribution in [0, 0.1) is 13.8 Å². The number of amides is 2. The molecular formula is C37H41N3O4S. The molecule has 0 aliphatic heterocycles. The van der Waals surface area contributed by atoms with Crippen LogP contribution < -0.4 is 9.62 Å². The minimum atomic E-state index is -4.11. The summed E-state index contributed by atoms with van der Waals surface area (Å²) in [6, 6.07) is 31.9. The number of anilines is 1. The van der Waals surface area contributed by atoms with Crippen molar-refractivity contribution in [3.63, 3.8) is 0 Å². The molecule has 0 heterocycles. The monoisotopic (exact) mass is 623 g/mol. The lowest BCUT2D eigenvalue weighted by Crippen LogP contribution is -2.54. The first-order valence-corrected chi connectivity index (χ1v) is 17.0. The Morgan fingerprint density at radius 1 is 0.756 bits per heavy atom. The summed E-state index contributed by atoms with van der Waals surface area (Å²) in [7, 11) is -4.11. The number of hydrogen-bond acceptors (Lipinski definition) is 4. The van der Waals surface area contributed by atoms with Crippen molar-refractivity contribution in [2.75, 3.05) is 10.8 Å². The smallest absolute Gasteiger partial charge is 0.264 e. The minimum Gasteiger partial charge on any atom is -0.352 e. The Balaban J connectivity index is 1.55. The lowest BCUT2D eigenvalue weighted by molar-refractivity contribution is -0.140. The topological polar surface area (TPSA) is 86.8 Å². The van der Waals surface area contributed by atoms with Crippen molar-refractivity contribution in [1.29, 1.82) is 0 Å². The molecule has 0 bridgehead atoms. The van der Waals surface area contributed by atoms with Gasteiger partial charge in [-0.3, -0.25) is 13.9 Å². The molecule has 45 heavy (non-hydrogen) atoms. The van der Waals surface area contributed by atoms with E-state index in [1.807, 2.05) is 80.6 Å². The fraction of sp³-hybridized carbons (Fsp3) is 0.297. The summed E-state index contributed by atoms with van der Waals surface area (Å²) >= 11 is 0. The Kier molecular flexibility index (Phi) is 10.4. The van der Waals surface area contributed by atoms with Gasteiger partial charge in [0, 0.05) is 19.0 Å². The standard InChI is InChI=1S/C37H41N3O4S/c1-28-17-21-31(22-18-28)26-39(35(25-30-11-5-3-6-12-30)37(42)38-32-13-9-10-14-32)36(41)27-40(33-23-19-29(2)20-24-33)45(43,44)34-15-7-4-8-16-34/h3-8,11-12,15-24,32,35H,9-10,13-14,25-27H2,1-2H3,(H,38,42). The SMILES string of the molecule is Cc1ccc(CN(C(=O)CN(c2ccc(C)cc2)S(=O)(=O)c2ccccc2)C(Cc2ccccc2)C(=O)NC2CCCC2)cc1. The average molecular weight is 624 g/mol. The maximum atomic E-state index is 14.6. The first-order valence-electron chi connectivity index (χ1n) is 15.5. The van der Waals surface area contributed by atoms with Crippen LogP contribution in [-0.4, -0.2) is 43.8 Å². The zero-order valence-corrected chi connectivity index (χ0v) is 26.7. The fourth-order valence-corrected chi connectivity index (χ4v) is 7.21. The van der Waals surface area contributed by atoms with Crippen LogP contribution in [0.25, 0.3) is 0 Å². The van der Waals surface area contributed by atoms with Gasteiger partial charge in [0.05, 0.1) is 10.6 Å². The van der Waals surface area contributed by atoms with Crippen LogP contribution in [0.2, 0.25) is 0 Å². The summed E-state index contributed by atoms with van der Waals surface area (Å²) in [4.78, 5) is 30.3. The number of carbonyl (C=O) groups is 2. The number of nitrogens with zero attached hydrogens (tertiary/aromatic N) is 2. The molecule has 1 atom stereocenters. The highest BCUT2D eigenvalue weighted by Gasteiger charge is 2.35. The summed E-state index contributed by atoms with van der Waals surface area (Å²) in [6.45, 7) is 3.61. The van der Waals surface area contributed by atoms with E-state index < -0.39 is 28.5 Å². The maximum Gasteiger partial charge on any atom is 0.264 e. The van der Waals surface area contributed by atoms with Gasteiger partial charge in [0.1, 0.15) is 12.6 Å². The predicted molar refractivity (Wildman–Crippen MR) is 178 cm³/mol. The molecule has 4 aromatic carbocycles. The second kappa shape index (κ2) is 14.6. The first-order chi connectivity index (χ1) is 21.7. The highest BCUT2D eigenvalue weighted by Crippen LogP contribution is 2.26. The molecule has 1 unspecified atom stereocenters. The van der Waals surface area contributed by atoms with Crippen molar-refractivity contribution < 1.29 is 18.0 Å². The molecule has 1 aliphatic carbocycles. The van der Waals surface area contributed by atoms with Crippen LogP contribution in [0.1, 0.15) is 47.9 Å². The van der Waals surface area contributed by atoms with Crippen LogP contribution in [0.4, 0.5) is 5.69 Å². The molecule has 0 spiro atoms. The lowest BCUT2D eigenvalue weighted by Gasteiger charge is -2.34. The van der Waals surface area contributed by atoms with Crippen LogP contribution in [0.15, 0.2) is 114 Å². The van der Waals surface area contributed by atoms with Crippen molar-refractivity contribution in [3.05, 3.63) is 131 Å². The van der Waals surface area contributed by atoms with E-state index in [9.17, 15) is 18.0 Å². The maximum absolute atomic E-state index is 14.6. The Morgan fingerprint density at radius 3 is 1.91 bits per heavy atom. The normalized spacial score (nSPS) is 14.1. The van der Waals surface area contributed by atoms with Gasteiger partial charge in [-0.05, 0) is 62.1 Å². The molecule has 234 valence electrons. The highest BCUT2D eigenvalue weighted by atomic mass is 32.2. The minimum absolute atomic E-state index is 0.0645. The molecule has 4 aromatic rings. The number of aryl methyl sites for hydroxylation is 2. The zero-order chi connectivity index (χ0) is 31.8. The van der Waals surface area contributed by atoms with Gasteiger partial charge in [-0.15, -0.1) is 0 Å². The van der Waals surface area contributed by atoms with Gasteiger partial charge < -0.3 is 10.2 Å². The van der Waals surface area contributed by atoms with E-state index in [0.717, 1.165) is 52.2 Å². The number of sulfonamides is 1. The Morgan fingerprint density at radius 2 is 1.31 bits per heavy atom. The highest BCUT2D eigenvalue weighted by molar-refractivity contribution is 7.92. The van der Waals surface area contributed by atoms with Crippen LogP contribution >= 0.6 is 0 Å². The molecule has 1 fully saturated rings. The Bertz CT molecular complexity index is 1670. The largest absolute Gasteiger partial charge is 0.352 e. The lowest BCUT2D eigenvalue weighted by atomic mass is 10.0. The summed E-state index contributed by atoms with van der Waals surface area (Å²) in [5.41, 5.74) is 4.19. The molecule has 2 amide bonds. The third-order valence-corrected chi connectivity index (χ3v) is 10.2. The molecule has 0 aromatic heterocycles. The first kappa shape index (κ1) is 32.0. The third kappa shape index (κ3) is 8.19. The summed E-state index contributed by atoms with van der Waals surface area (Å²) < 4.78 is 29.3. The van der Waals surface area contributed by atoms with Gasteiger partial charge in [0.2, 0.25) is 11.8 Å². The van der Waals surface area contributed by atoms with Gasteiger partial charge in [-0.2, -0.15) is 0 Å². The molecule has 0 radical (unpaired) electrons. The van der Waals surface area contributed by atoms with Gasteiger partial charge in [-0.25, -0.2) is 8.42 Å². The molecule has 7 nitrogen and oxygen atoms in total. The molecule has 1 aliphatic rings. The number of rotatable bonds is 12. The average Bonchev–Trinajstić information content (AvgIpc) is 3.57. The molecule has 8 heteroatoms. The second-order valence-corrected chi connectivity index (χ2v) is 13.7. The number of hydrogen-bond donors (Lipinski definition) is 1.